The zero-order chi connectivity index (χ0) is 13.7. The van der Waals surface area contributed by atoms with Gasteiger partial charge in [-0.2, -0.15) is 0 Å². The lowest BCUT2D eigenvalue weighted by atomic mass is 10.0. The number of nitrogens with one attached hydrogen (secondary N) is 1. The fourth-order valence-corrected chi connectivity index (χ4v) is 2.05. The molecule has 0 spiro atoms. The highest BCUT2D eigenvalue weighted by Crippen LogP contribution is 2.17. The lowest BCUT2D eigenvalue weighted by Gasteiger charge is -2.16. The van der Waals surface area contributed by atoms with E-state index < -0.39 is 12.0 Å². The zero-order valence-corrected chi connectivity index (χ0v) is 12.6. The first-order valence-electron chi connectivity index (χ1n) is 6.11. The minimum atomic E-state index is -0.780. The molecule has 1 rings (SSSR count). The third-order valence-corrected chi connectivity index (χ3v) is 3.67. The molecular formula is C14H20BrNO2. The summed E-state index contributed by atoms with van der Waals surface area (Å²) in [5.41, 5.74) is 2.26. The van der Waals surface area contributed by atoms with Gasteiger partial charge < -0.3 is 10.4 Å². The number of hydrogen-bond donors (Lipinski definition) is 2. The van der Waals surface area contributed by atoms with Crippen LogP contribution in [0.5, 0.6) is 0 Å². The molecule has 0 aliphatic rings. The zero-order valence-electron chi connectivity index (χ0n) is 11.0. The highest BCUT2D eigenvalue weighted by molar-refractivity contribution is 9.10. The number of aliphatic carboxylic acids is 1. The van der Waals surface area contributed by atoms with Gasteiger partial charge >= 0.3 is 5.97 Å². The van der Waals surface area contributed by atoms with Gasteiger partial charge in [0.25, 0.3) is 0 Å². The average molecular weight is 314 g/mol. The predicted molar refractivity (Wildman–Crippen MR) is 76.6 cm³/mol. The number of carboxylic acids is 1. The molecule has 0 unspecified atom stereocenters. The van der Waals surface area contributed by atoms with Crippen LogP contribution in [-0.4, -0.2) is 17.1 Å². The Hall–Kier alpha value is -0.870. The highest BCUT2D eigenvalue weighted by atomic mass is 79.9. The van der Waals surface area contributed by atoms with E-state index in [9.17, 15) is 4.79 Å². The number of aryl methyl sites for hydroxylation is 1. The fraction of sp³-hybridized carbons (Fsp3) is 0.500. The van der Waals surface area contributed by atoms with E-state index in [-0.39, 0.29) is 0 Å². The molecule has 0 amide bonds. The summed E-state index contributed by atoms with van der Waals surface area (Å²) in [4.78, 5) is 11.1. The summed E-state index contributed by atoms with van der Waals surface area (Å²) in [5.74, 6) is -0.414. The Bertz CT molecular complexity index is 418. The van der Waals surface area contributed by atoms with Crippen LogP contribution in [0.4, 0.5) is 0 Å². The van der Waals surface area contributed by atoms with Gasteiger partial charge in [0.1, 0.15) is 6.04 Å². The van der Waals surface area contributed by atoms with Gasteiger partial charge in [0, 0.05) is 11.0 Å². The van der Waals surface area contributed by atoms with E-state index >= 15 is 0 Å². The number of rotatable bonds is 6. The molecule has 0 aliphatic carbocycles. The average Bonchev–Trinajstić information content (AvgIpc) is 2.28. The van der Waals surface area contributed by atoms with Gasteiger partial charge in [-0.05, 0) is 36.5 Å². The summed E-state index contributed by atoms with van der Waals surface area (Å²) in [6.07, 6.45) is 0.644. The molecule has 3 nitrogen and oxygen atoms in total. The summed E-state index contributed by atoms with van der Waals surface area (Å²) in [5, 5.41) is 12.2. The largest absolute Gasteiger partial charge is 0.480 e. The summed E-state index contributed by atoms with van der Waals surface area (Å²) in [7, 11) is 0. The Kier molecular flexibility index (Phi) is 5.82. The van der Waals surface area contributed by atoms with Crippen molar-refractivity contribution < 1.29 is 9.90 Å². The Balaban J connectivity index is 2.61. The van der Waals surface area contributed by atoms with Gasteiger partial charge in [0.15, 0.2) is 0 Å². The van der Waals surface area contributed by atoms with Crippen molar-refractivity contribution in [1.29, 1.82) is 0 Å². The molecule has 0 heterocycles. The van der Waals surface area contributed by atoms with Crippen LogP contribution in [0.25, 0.3) is 0 Å². The molecule has 4 heteroatoms. The van der Waals surface area contributed by atoms with E-state index in [0.717, 1.165) is 15.6 Å². The molecule has 0 bridgehead atoms. The standard InChI is InChI=1S/C14H20BrNO2/c1-9(2)6-13(14(17)18)16-8-11-4-5-12(15)10(3)7-11/h4-5,7,9,13,16H,6,8H2,1-3H3,(H,17,18)/t13-/m0/s1. The van der Waals surface area contributed by atoms with Crippen molar-refractivity contribution in [1.82, 2.24) is 5.32 Å². The molecule has 0 saturated heterocycles. The Labute approximate surface area is 117 Å². The first-order valence-corrected chi connectivity index (χ1v) is 6.90. The maximum atomic E-state index is 11.1. The van der Waals surface area contributed by atoms with Crippen molar-refractivity contribution in [3.05, 3.63) is 33.8 Å². The van der Waals surface area contributed by atoms with E-state index in [2.05, 4.69) is 27.3 Å². The van der Waals surface area contributed by atoms with Crippen molar-refractivity contribution in [3.63, 3.8) is 0 Å². The number of hydrogen-bond acceptors (Lipinski definition) is 2. The van der Waals surface area contributed by atoms with Crippen LogP contribution in [0.1, 0.15) is 31.4 Å². The van der Waals surface area contributed by atoms with Gasteiger partial charge in [0.2, 0.25) is 0 Å². The second-order valence-corrected chi connectivity index (χ2v) is 5.84. The van der Waals surface area contributed by atoms with Crippen molar-refractivity contribution in [2.45, 2.75) is 39.8 Å². The second-order valence-electron chi connectivity index (χ2n) is 4.98. The van der Waals surface area contributed by atoms with E-state index in [1.165, 1.54) is 0 Å². The molecule has 18 heavy (non-hydrogen) atoms. The highest BCUT2D eigenvalue weighted by Gasteiger charge is 2.17. The molecule has 2 N–H and O–H groups in total. The predicted octanol–water partition coefficient (Wildman–Crippen LogP) is 3.35. The topological polar surface area (TPSA) is 49.3 Å². The van der Waals surface area contributed by atoms with Crippen molar-refractivity contribution in [3.8, 4) is 0 Å². The molecule has 0 fully saturated rings. The molecule has 1 atom stereocenters. The minimum absolute atomic E-state index is 0.366. The molecular weight excluding hydrogens is 294 g/mol. The van der Waals surface area contributed by atoms with Gasteiger partial charge in [-0.3, -0.25) is 4.79 Å². The maximum absolute atomic E-state index is 11.1. The van der Waals surface area contributed by atoms with E-state index in [4.69, 9.17) is 5.11 Å². The van der Waals surface area contributed by atoms with Crippen LogP contribution in [0.2, 0.25) is 0 Å². The van der Waals surface area contributed by atoms with E-state index in [1.54, 1.807) is 0 Å². The maximum Gasteiger partial charge on any atom is 0.320 e. The molecule has 0 aliphatic heterocycles. The third-order valence-electron chi connectivity index (χ3n) is 2.78. The lowest BCUT2D eigenvalue weighted by Crippen LogP contribution is -2.37. The van der Waals surface area contributed by atoms with Crippen molar-refractivity contribution in [2.75, 3.05) is 0 Å². The van der Waals surface area contributed by atoms with Crippen LogP contribution >= 0.6 is 15.9 Å². The molecule has 0 radical (unpaired) electrons. The molecule has 0 saturated carbocycles. The number of carboxylic acid groups (broad SMARTS) is 1. The Morgan fingerprint density at radius 1 is 1.44 bits per heavy atom. The van der Waals surface area contributed by atoms with E-state index in [0.29, 0.717) is 18.9 Å². The van der Waals surface area contributed by atoms with Crippen LogP contribution in [-0.2, 0) is 11.3 Å². The first-order chi connectivity index (χ1) is 8.40. The monoisotopic (exact) mass is 313 g/mol. The molecule has 0 aromatic heterocycles. The minimum Gasteiger partial charge on any atom is -0.480 e. The van der Waals surface area contributed by atoms with Gasteiger partial charge in [-0.1, -0.05) is 41.9 Å². The normalized spacial score (nSPS) is 12.7. The van der Waals surface area contributed by atoms with Crippen molar-refractivity contribution >= 4 is 21.9 Å². The SMILES string of the molecule is Cc1cc(CN[C@@H](CC(C)C)C(=O)O)ccc1Br. The molecule has 1 aromatic carbocycles. The van der Waals surface area contributed by atoms with Crippen LogP contribution in [0.3, 0.4) is 0 Å². The third kappa shape index (κ3) is 4.78. The fourth-order valence-electron chi connectivity index (χ4n) is 1.80. The molecule has 100 valence electrons. The summed E-state index contributed by atoms with van der Waals surface area (Å²) < 4.78 is 1.07. The first kappa shape index (κ1) is 15.2. The quantitative estimate of drug-likeness (QED) is 0.846. The van der Waals surface area contributed by atoms with Gasteiger partial charge in [-0.15, -0.1) is 0 Å². The van der Waals surface area contributed by atoms with Crippen LogP contribution in [0.15, 0.2) is 22.7 Å². The smallest absolute Gasteiger partial charge is 0.320 e. The molecule has 1 aromatic rings. The number of halogens is 1. The summed E-state index contributed by atoms with van der Waals surface area (Å²) in [6.45, 7) is 6.66. The van der Waals surface area contributed by atoms with Crippen LogP contribution in [0, 0.1) is 12.8 Å². The van der Waals surface area contributed by atoms with Crippen molar-refractivity contribution in [2.24, 2.45) is 5.92 Å². The summed E-state index contributed by atoms with van der Waals surface area (Å²) >= 11 is 3.45. The number of carbonyl (C=O) groups is 1. The lowest BCUT2D eigenvalue weighted by molar-refractivity contribution is -0.140. The van der Waals surface area contributed by atoms with Gasteiger partial charge in [-0.25, -0.2) is 0 Å². The second kappa shape index (κ2) is 6.90. The van der Waals surface area contributed by atoms with Crippen LogP contribution < -0.4 is 5.32 Å². The van der Waals surface area contributed by atoms with E-state index in [1.807, 2.05) is 32.9 Å². The summed E-state index contributed by atoms with van der Waals surface area (Å²) in [6, 6.07) is 5.57. The Morgan fingerprint density at radius 3 is 2.61 bits per heavy atom. The Morgan fingerprint density at radius 2 is 2.11 bits per heavy atom. The van der Waals surface area contributed by atoms with Gasteiger partial charge in [0.05, 0.1) is 0 Å². The number of benzene rings is 1.